The number of fused-ring (bicyclic) bond motifs is 1. The van der Waals surface area contributed by atoms with Gasteiger partial charge < -0.3 is 5.11 Å². The molecule has 5 nitrogen and oxygen atoms in total. The number of aromatic carboxylic acids is 1. The van der Waals surface area contributed by atoms with Gasteiger partial charge in [0.15, 0.2) is 0 Å². The van der Waals surface area contributed by atoms with Gasteiger partial charge in [0.1, 0.15) is 5.52 Å². The Bertz CT molecular complexity index is 821. The van der Waals surface area contributed by atoms with E-state index in [1.165, 1.54) is 6.07 Å². The predicted octanol–water partition coefficient (Wildman–Crippen LogP) is 2.74. The third-order valence-corrected chi connectivity index (χ3v) is 3.51. The number of rotatable bonds is 2. The van der Waals surface area contributed by atoms with Crippen LogP contribution in [0.3, 0.4) is 0 Å². The molecule has 1 N–H and O–H groups in total. The van der Waals surface area contributed by atoms with Crippen molar-refractivity contribution in [3.8, 4) is 5.69 Å². The molecule has 0 amide bonds. The molecule has 0 unspecified atom stereocenters. The lowest BCUT2D eigenvalue weighted by atomic mass is 10.1. The lowest BCUT2D eigenvalue weighted by Gasteiger charge is -2.08. The summed E-state index contributed by atoms with van der Waals surface area (Å²) in [5.41, 5.74) is 4.43. The van der Waals surface area contributed by atoms with Crippen molar-refractivity contribution in [1.82, 2.24) is 15.0 Å². The Morgan fingerprint density at radius 1 is 1.15 bits per heavy atom. The molecule has 20 heavy (non-hydrogen) atoms. The average Bonchev–Trinajstić information content (AvgIpc) is 2.85. The van der Waals surface area contributed by atoms with Gasteiger partial charge in [-0.2, -0.15) is 0 Å². The zero-order valence-corrected chi connectivity index (χ0v) is 11.2. The number of benzene rings is 2. The molecule has 0 aliphatic rings. The van der Waals surface area contributed by atoms with Crippen molar-refractivity contribution in [1.29, 1.82) is 0 Å². The first-order valence-corrected chi connectivity index (χ1v) is 6.24. The number of carboxylic acid groups (broad SMARTS) is 1. The maximum Gasteiger partial charge on any atom is 0.338 e. The standard InChI is InChI=1S/C15H13N3O2/c1-9-5-3-7-12(10(9)2)18-13-8-4-6-11(15(19)20)14(13)16-17-18/h3-8H,1-2H3,(H,19,20). The molecule has 1 aromatic heterocycles. The predicted molar refractivity (Wildman–Crippen MR) is 75.3 cm³/mol. The van der Waals surface area contributed by atoms with Crippen molar-refractivity contribution in [2.75, 3.05) is 0 Å². The number of carbonyl (C=O) groups is 1. The first-order chi connectivity index (χ1) is 9.59. The zero-order valence-electron chi connectivity index (χ0n) is 11.2. The molecule has 0 atom stereocenters. The zero-order chi connectivity index (χ0) is 14.3. The number of aromatic nitrogens is 3. The summed E-state index contributed by atoms with van der Waals surface area (Å²) in [5.74, 6) is -0.997. The lowest BCUT2D eigenvalue weighted by molar-refractivity contribution is 0.0699. The van der Waals surface area contributed by atoms with Crippen molar-refractivity contribution in [2.45, 2.75) is 13.8 Å². The second-order valence-electron chi connectivity index (χ2n) is 4.70. The molecule has 3 rings (SSSR count). The molecule has 2 aromatic carbocycles. The fourth-order valence-corrected chi connectivity index (χ4v) is 2.26. The normalized spacial score (nSPS) is 10.9. The molecule has 0 aliphatic heterocycles. The number of hydrogen-bond acceptors (Lipinski definition) is 3. The Balaban J connectivity index is 2.31. The molecule has 3 aromatic rings. The van der Waals surface area contributed by atoms with Crippen LogP contribution in [0.4, 0.5) is 0 Å². The molecule has 0 aliphatic carbocycles. The van der Waals surface area contributed by atoms with Crippen molar-refractivity contribution in [3.63, 3.8) is 0 Å². The van der Waals surface area contributed by atoms with E-state index in [9.17, 15) is 9.90 Å². The minimum atomic E-state index is -0.997. The van der Waals surface area contributed by atoms with Gasteiger partial charge >= 0.3 is 5.97 Å². The van der Waals surface area contributed by atoms with Crippen LogP contribution in [0, 0.1) is 13.8 Å². The largest absolute Gasteiger partial charge is 0.478 e. The van der Waals surface area contributed by atoms with Crippen molar-refractivity contribution in [2.24, 2.45) is 0 Å². The summed E-state index contributed by atoms with van der Waals surface area (Å²) in [7, 11) is 0. The summed E-state index contributed by atoms with van der Waals surface area (Å²) < 4.78 is 1.68. The van der Waals surface area contributed by atoms with Crippen LogP contribution in [-0.2, 0) is 0 Å². The number of hydrogen-bond donors (Lipinski definition) is 1. The third kappa shape index (κ3) is 1.75. The highest BCUT2D eigenvalue weighted by atomic mass is 16.4. The maximum absolute atomic E-state index is 11.2. The maximum atomic E-state index is 11.2. The number of carboxylic acids is 1. The molecule has 100 valence electrons. The highest BCUT2D eigenvalue weighted by molar-refractivity contribution is 6.00. The highest BCUT2D eigenvalue weighted by Gasteiger charge is 2.15. The van der Waals surface area contributed by atoms with Crippen LogP contribution in [-0.4, -0.2) is 26.1 Å². The average molecular weight is 267 g/mol. The molecule has 5 heteroatoms. The highest BCUT2D eigenvalue weighted by Crippen LogP contribution is 2.23. The molecule has 0 fully saturated rings. The van der Waals surface area contributed by atoms with Gasteiger partial charge in [-0.05, 0) is 43.2 Å². The van der Waals surface area contributed by atoms with Crippen LogP contribution >= 0.6 is 0 Å². The van der Waals surface area contributed by atoms with E-state index in [-0.39, 0.29) is 5.56 Å². The minimum Gasteiger partial charge on any atom is -0.478 e. The van der Waals surface area contributed by atoms with E-state index in [0.717, 1.165) is 16.8 Å². The monoisotopic (exact) mass is 267 g/mol. The van der Waals surface area contributed by atoms with Gasteiger partial charge in [0, 0.05) is 0 Å². The van der Waals surface area contributed by atoms with Gasteiger partial charge in [0.05, 0.1) is 16.8 Å². The summed E-state index contributed by atoms with van der Waals surface area (Å²) >= 11 is 0. The molecule has 0 bridgehead atoms. The number of nitrogens with zero attached hydrogens (tertiary/aromatic N) is 3. The second-order valence-corrected chi connectivity index (χ2v) is 4.70. The first kappa shape index (κ1) is 12.3. The molecular formula is C15H13N3O2. The molecule has 0 spiro atoms. The Labute approximate surface area is 115 Å². The van der Waals surface area contributed by atoms with E-state index in [2.05, 4.69) is 10.3 Å². The summed E-state index contributed by atoms with van der Waals surface area (Å²) in [6.45, 7) is 4.04. The summed E-state index contributed by atoms with van der Waals surface area (Å²) in [4.78, 5) is 11.2. The van der Waals surface area contributed by atoms with Crippen LogP contribution < -0.4 is 0 Å². The van der Waals surface area contributed by atoms with Gasteiger partial charge in [0.2, 0.25) is 0 Å². The van der Waals surface area contributed by atoms with Gasteiger partial charge in [-0.1, -0.05) is 23.4 Å². The lowest BCUT2D eigenvalue weighted by Crippen LogP contribution is -2.01. The van der Waals surface area contributed by atoms with Gasteiger partial charge in [0.25, 0.3) is 0 Å². The topological polar surface area (TPSA) is 68.0 Å². The van der Waals surface area contributed by atoms with Crippen LogP contribution in [0.2, 0.25) is 0 Å². The SMILES string of the molecule is Cc1cccc(-n2nnc3c(C(=O)O)cccc32)c1C. The van der Waals surface area contributed by atoms with Crippen LogP contribution in [0.5, 0.6) is 0 Å². The Hall–Kier alpha value is -2.69. The smallest absolute Gasteiger partial charge is 0.338 e. The Morgan fingerprint density at radius 2 is 1.90 bits per heavy atom. The fraction of sp³-hybridized carbons (Fsp3) is 0.133. The summed E-state index contributed by atoms with van der Waals surface area (Å²) in [6.07, 6.45) is 0. The van der Waals surface area contributed by atoms with E-state index in [1.807, 2.05) is 38.1 Å². The van der Waals surface area contributed by atoms with E-state index in [1.54, 1.807) is 10.7 Å². The molecular weight excluding hydrogens is 254 g/mol. The summed E-state index contributed by atoms with van der Waals surface area (Å²) in [5, 5.41) is 17.3. The number of aryl methyl sites for hydroxylation is 1. The summed E-state index contributed by atoms with van der Waals surface area (Å²) in [6, 6.07) is 11.0. The van der Waals surface area contributed by atoms with Crippen LogP contribution in [0.25, 0.3) is 16.7 Å². The molecule has 1 heterocycles. The van der Waals surface area contributed by atoms with Gasteiger partial charge in [-0.15, -0.1) is 5.10 Å². The molecule has 0 saturated carbocycles. The van der Waals surface area contributed by atoms with Gasteiger partial charge in [-0.25, -0.2) is 9.48 Å². The van der Waals surface area contributed by atoms with E-state index < -0.39 is 5.97 Å². The first-order valence-electron chi connectivity index (χ1n) is 6.24. The fourth-order valence-electron chi connectivity index (χ4n) is 2.26. The quantitative estimate of drug-likeness (QED) is 0.775. The van der Waals surface area contributed by atoms with Gasteiger partial charge in [-0.3, -0.25) is 0 Å². The van der Waals surface area contributed by atoms with E-state index in [4.69, 9.17) is 0 Å². The van der Waals surface area contributed by atoms with Crippen LogP contribution in [0.15, 0.2) is 36.4 Å². The van der Waals surface area contributed by atoms with E-state index >= 15 is 0 Å². The van der Waals surface area contributed by atoms with Crippen molar-refractivity contribution in [3.05, 3.63) is 53.1 Å². The molecule has 0 saturated heterocycles. The minimum absolute atomic E-state index is 0.166. The Kier molecular flexibility index (Phi) is 2.75. The van der Waals surface area contributed by atoms with Crippen LogP contribution in [0.1, 0.15) is 21.5 Å². The molecule has 0 radical (unpaired) electrons. The van der Waals surface area contributed by atoms with Crippen molar-refractivity contribution < 1.29 is 9.90 Å². The Morgan fingerprint density at radius 3 is 2.65 bits per heavy atom. The van der Waals surface area contributed by atoms with E-state index in [0.29, 0.717) is 11.0 Å². The second kappa shape index (κ2) is 4.45. The van der Waals surface area contributed by atoms with Crippen molar-refractivity contribution >= 4 is 17.0 Å². The third-order valence-electron chi connectivity index (χ3n) is 3.51.